The van der Waals surface area contributed by atoms with Crippen LogP contribution in [0.15, 0.2) is 0 Å². The lowest BCUT2D eigenvalue weighted by atomic mass is 10.1. The Morgan fingerprint density at radius 2 is 2.16 bits per heavy atom. The van der Waals surface area contributed by atoms with E-state index in [9.17, 15) is 4.79 Å². The van der Waals surface area contributed by atoms with Gasteiger partial charge in [-0.05, 0) is 40.5 Å². The average Bonchev–Trinajstić information content (AvgIpc) is 2.27. The molecule has 1 aliphatic rings. The Bertz CT molecular complexity index is 289. The van der Waals surface area contributed by atoms with E-state index >= 15 is 0 Å². The molecule has 2 atom stereocenters. The first-order valence-corrected chi connectivity index (χ1v) is 7.04. The molecular weight excluding hydrogens is 244 g/mol. The van der Waals surface area contributed by atoms with Crippen LogP contribution in [0, 0.1) is 0 Å². The Kier molecular flexibility index (Phi) is 6.07. The number of carbonyl (C=O) groups is 1. The van der Waals surface area contributed by atoms with Crippen LogP contribution in [0.3, 0.4) is 0 Å². The summed E-state index contributed by atoms with van der Waals surface area (Å²) in [6.07, 6.45) is 1.89. The van der Waals surface area contributed by atoms with Crippen molar-refractivity contribution in [2.75, 3.05) is 26.8 Å². The number of hydrogen-bond acceptors (Lipinski definition) is 4. The molecule has 0 aromatic rings. The van der Waals surface area contributed by atoms with E-state index in [-0.39, 0.29) is 6.09 Å². The average molecular weight is 272 g/mol. The molecule has 1 aliphatic heterocycles. The molecule has 1 rings (SSSR count). The zero-order chi connectivity index (χ0) is 14.5. The molecule has 1 heterocycles. The highest BCUT2D eigenvalue weighted by Gasteiger charge is 2.27. The van der Waals surface area contributed by atoms with Gasteiger partial charge in [-0.2, -0.15) is 0 Å². The number of hydrogen-bond donors (Lipinski definition) is 1. The molecule has 0 spiro atoms. The first-order valence-electron chi connectivity index (χ1n) is 7.04. The Balaban J connectivity index is 2.43. The van der Waals surface area contributed by atoms with Gasteiger partial charge in [0.1, 0.15) is 5.60 Å². The highest BCUT2D eigenvalue weighted by Crippen LogP contribution is 2.15. The number of amides is 1. The molecule has 1 amide bonds. The van der Waals surface area contributed by atoms with E-state index in [4.69, 9.17) is 9.47 Å². The molecule has 5 nitrogen and oxygen atoms in total. The molecule has 1 unspecified atom stereocenters. The highest BCUT2D eigenvalue weighted by molar-refractivity contribution is 5.68. The number of likely N-dealkylation sites (tertiary alicyclic amines) is 1. The summed E-state index contributed by atoms with van der Waals surface area (Å²) in [4.78, 5) is 13.8. The Morgan fingerprint density at radius 3 is 2.74 bits per heavy atom. The molecule has 0 aromatic carbocycles. The third-order valence-electron chi connectivity index (χ3n) is 3.01. The van der Waals surface area contributed by atoms with E-state index in [0.717, 1.165) is 19.4 Å². The second kappa shape index (κ2) is 7.10. The van der Waals surface area contributed by atoms with Gasteiger partial charge in [-0.3, -0.25) is 0 Å². The minimum absolute atomic E-state index is 0.210. The zero-order valence-electron chi connectivity index (χ0n) is 12.9. The van der Waals surface area contributed by atoms with Crippen molar-refractivity contribution in [2.45, 2.75) is 58.2 Å². The van der Waals surface area contributed by atoms with Crippen molar-refractivity contribution in [1.29, 1.82) is 0 Å². The summed E-state index contributed by atoms with van der Waals surface area (Å²) in [7, 11) is 1.70. The third-order valence-corrected chi connectivity index (χ3v) is 3.01. The standard InChI is InChI=1S/C14H28N2O3/c1-11(10-18-5)15-12-7-6-8-16(9-12)13(17)19-14(2,3)4/h11-12,15H,6-10H2,1-5H3/t11?,12-/m0/s1. The lowest BCUT2D eigenvalue weighted by Gasteiger charge is -2.35. The molecule has 0 saturated carbocycles. The van der Waals surface area contributed by atoms with E-state index < -0.39 is 5.60 Å². The quantitative estimate of drug-likeness (QED) is 0.850. The maximum Gasteiger partial charge on any atom is 0.410 e. The lowest BCUT2D eigenvalue weighted by Crippen LogP contribution is -2.51. The molecule has 19 heavy (non-hydrogen) atoms. The highest BCUT2D eigenvalue weighted by atomic mass is 16.6. The Morgan fingerprint density at radius 1 is 1.47 bits per heavy atom. The molecule has 5 heteroatoms. The van der Waals surface area contributed by atoms with Gasteiger partial charge in [0, 0.05) is 32.3 Å². The normalized spacial score (nSPS) is 22.2. The van der Waals surface area contributed by atoms with E-state index in [2.05, 4.69) is 12.2 Å². The van der Waals surface area contributed by atoms with Gasteiger partial charge in [0.25, 0.3) is 0 Å². The summed E-state index contributed by atoms with van der Waals surface area (Å²) in [5, 5.41) is 3.49. The number of carbonyl (C=O) groups excluding carboxylic acids is 1. The maximum absolute atomic E-state index is 12.0. The van der Waals surface area contributed by atoms with Crippen LogP contribution in [0.1, 0.15) is 40.5 Å². The SMILES string of the molecule is COCC(C)N[C@H]1CCCN(C(=O)OC(C)(C)C)C1. The fourth-order valence-electron chi connectivity index (χ4n) is 2.31. The number of ether oxygens (including phenoxy) is 2. The van der Waals surface area contributed by atoms with Crippen molar-refractivity contribution < 1.29 is 14.3 Å². The summed E-state index contributed by atoms with van der Waals surface area (Å²) in [6, 6.07) is 0.625. The first-order chi connectivity index (χ1) is 8.81. The summed E-state index contributed by atoms with van der Waals surface area (Å²) in [5.41, 5.74) is -0.430. The molecule has 1 N–H and O–H groups in total. The van der Waals surface area contributed by atoms with Crippen LogP contribution in [0.25, 0.3) is 0 Å². The van der Waals surface area contributed by atoms with Gasteiger partial charge >= 0.3 is 6.09 Å². The van der Waals surface area contributed by atoms with Gasteiger partial charge in [-0.15, -0.1) is 0 Å². The molecule has 1 fully saturated rings. The third kappa shape index (κ3) is 6.25. The van der Waals surface area contributed by atoms with Gasteiger partial charge in [-0.1, -0.05) is 0 Å². The van der Waals surface area contributed by atoms with Crippen LogP contribution in [0.5, 0.6) is 0 Å². The number of piperidine rings is 1. The van der Waals surface area contributed by atoms with Crippen LogP contribution in [-0.4, -0.2) is 55.5 Å². The fourth-order valence-corrected chi connectivity index (χ4v) is 2.31. The van der Waals surface area contributed by atoms with Crippen LogP contribution >= 0.6 is 0 Å². The zero-order valence-corrected chi connectivity index (χ0v) is 12.9. The second-order valence-corrected chi connectivity index (χ2v) is 6.29. The minimum Gasteiger partial charge on any atom is -0.444 e. The first kappa shape index (κ1) is 16.2. The van der Waals surface area contributed by atoms with Gasteiger partial charge in [0.05, 0.1) is 6.61 Å². The Hall–Kier alpha value is -0.810. The van der Waals surface area contributed by atoms with Crippen LogP contribution in [0.4, 0.5) is 4.79 Å². The molecule has 0 aromatic heterocycles. The van der Waals surface area contributed by atoms with E-state index in [1.807, 2.05) is 20.8 Å². The molecular formula is C14H28N2O3. The fraction of sp³-hybridized carbons (Fsp3) is 0.929. The number of rotatable bonds is 4. The lowest BCUT2D eigenvalue weighted by molar-refractivity contribution is 0.0179. The van der Waals surface area contributed by atoms with Gasteiger partial charge in [0.15, 0.2) is 0 Å². The van der Waals surface area contributed by atoms with Crippen molar-refractivity contribution in [2.24, 2.45) is 0 Å². The van der Waals surface area contributed by atoms with E-state index in [0.29, 0.717) is 25.2 Å². The van der Waals surface area contributed by atoms with E-state index in [1.165, 1.54) is 0 Å². The summed E-state index contributed by atoms with van der Waals surface area (Å²) < 4.78 is 10.5. The van der Waals surface area contributed by atoms with Gasteiger partial charge in [0.2, 0.25) is 0 Å². The number of methoxy groups -OCH3 is 1. The molecule has 0 bridgehead atoms. The van der Waals surface area contributed by atoms with Crippen LogP contribution < -0.4 is 5.32 Å². The Labute approximate surface area is 116 Å². The van der Waals surface area contributed by atoms with Gasteiger partial charge < -0.3 is 19.7 Å². The van der Waals surface area contributed by atoms with Crippen LogP contribution in [-0.2, 0) is 9.47 Å². The largest absolute Gasteiger partial charge is 0.444 e. The molecule has 0 aliphatic carbocycles. The van der Waals surface area contributed by atoms with E-state index in [1.54, 1.807) is 12.0 Å². The van der Waals surface area contributed by atoms with Crippen LogP contribution in [0.2, 0.25) is 0 Å². The van der Waals surface area contributed by atoms with Gasteiger partial charge in [-0.25, -0.2) is 4.79 Å². The molecule has 0 radical (unpaired) electrons. The minimum atomic E-state index is -0.430. The smallest absolute Gasteiger partial charge is 0.410 e. The second-order valence-electron chi connectivity index (χ2n) is 6.29. The molecule has 112 valence electrons. The topological polar surface area (TPSA) is 50.8 Å². The molecule has 1 saturated heterocycles. The van der Waals surface area contributed by atoms with Crippen molar-refractivity contribution in [3.63, 3.8) is 0 Å². The van der Waals surface area contributed by atoms with Crippen molar-refractivity contribution in [1.82, 2.24) is 10.2 Å². The predicted molar refractivity (Wildman–Crippen MR) is 75.3 cm³/mol. The maximum atomic E-state index is 12.0. The predicted octanol–water partition coefficient (Wildman–Crippen LogP) is 2.01. The summed E-state index contributed by atoms with van der Waals surface area (Å²) >= 11 is 0. The number of nitrogens with one attached hydrogen (secondary N) is 1. The van der Waals surface area contributed by atoms with Crippen molar-refractivity contribution >= 4 is 6.09 Å². The summed E-state index contributed by atoms with van der Waals surface area (Å²) in [6.45, 7) is 9.95. The number of nitrogens with zero attached hydrogens (tertiary/aromatic N) is 1. The van der Waals surface area contributed by atoms with Crippen molar-refractivity contribution in [3.05, 3.63) is 0 Å². The summed E-state index contributed by atoms with van der Waals surface area (Å²) in [5.74, 6) is 0. The van der Waals surface area contributed by atoms with Crippen molar-refractivity contribution in [3.8, 4) is 0 Å². The monoisotopic (exact) mass is 272 g/mol.